The maximum atomic E-state index is 5.24. The first kappa shape index (κ1) is 9.83. The Labute approximate surface area is 88.9 Å². The van der Waals surface area contributed by atoms with Crippen LogP contribution < -0.4 is 5.32 Å². The van der Waals surface area contributed by atoms with Gasteiger partial charge in [0.05, 0.1) is 30.4 Å². The zero-order valence-corrected chi connectivity index (χ0v) is 9.03. The molecule has 0 unspecified atom stereocenters. The number of hydrogen-bond donors (Lipinski definition) is 1. The third-order valence-corrected chi connectivity index (χ3v) is 2.44. The van der Waals surface area contributed by atoms with E-state index in [1.165, 1.54) is 0 Å². The van der Waals surface area contributed by atoms with E-state index in [9.17, 15) is 0 Å². The van der Waals surface area contributed by atoms with Gasteiger partial charge in [-0.2, -0.15) is 5.10 Å². The zero-order chi connectivity index (χ0) is 10.7. The number of nitrogens with one attached hydrogen (secondary N) is 1. The van der Waals surface area contributed by atoms with Crippen molar-refractivity contribution >= 4 is 5.69 Å². The summed E-state index contributed by atoms with van der Waals surface area (Å²) in [7, 11) is 0. The minimum absolute atomic E-state index is 0.698. The maximum Gasteiger partial charge on any atom is 0.122 e. The number of anilines is 1. The first-order valence-electron chi connectivity index (χ1n) is 5.10. The molecule has 0 aliphatic heterocycles. The monoisotopic (exact) mass is 205 g/mol. The summed E-state index contributed by atoms with van der Waals surface area (Å²) >= 11 is 0. The highest BCUT2D eigenvalue weighted by molar-refractivity contribution is 5.45. The van der Waals surface area contributed by atoms with Crippen LogP contribution in [0.15, 0.2) is 29.0 Å². The van der Waals surface area contributed by atoms with Gasteiger partial charge in [0.2, 0.25) is 0 Å². The summed E-state index contributed by atoms with van der Waals surface area (Å²) in [6.45, 7) is 5.73. The van der Waals surface area contributed by atoms with E-state index in [0.29, 0.717) is 6.54 Å². The Balaban J connectivity index is 2.02. The quantitative estimate of drug-likeness (QED) is 0.833. The van der Waals surface area contributed by atoms with Crippen molar-refractivity contribution in [2.75, 3.05) is 5.32 Å². The molecule has 2 aromatic rings. The average molecular weight is 205 g/mol. The highest BCUT2D eigenvalue weighted by Crippen LogP contribution is 2.14. The summed E-state index contributed by atoms with van der Waals surface area (Å²) in [6.07, 6.45) is 3.53. The van der Waals surface area contributed by atoms with Crippen molar-refractivity contribution in [2.45, 2.75) is 26.9 Å². The van der Waals surface area contributed by atoms with Crippen LogP contribution in [-0.4, -0.2) is 9.78 Å². The van der Waals surface area contributed by atoms with Gasteiger partial charge in [0.1, 0.15) is 5.76 Å². The first-order chi connectivity index (χ1) is 7.31. The molecule has 80 valence electrons. The Morgan fingerprint density at radius 2 is 2.40 bits per heavy atom. The second kappa shape index (κ2) is 4.21. The van der Waals surface area contributed by atoms with Crippen LogP contribution in [0.2, 0.25) is 0 Å². The molecule has 4 nitrogen and oxygen atoms in total. The van der Waals surface area contributed by atoms with Crippen molar-refractivity contribution in [1.82, 2.24) is 9.78 Å². The summed E-state index contributed by atoms with van der Waals surface area (Å²) in [5, 5.41) is 7.55. The molecule has 0 radical (unpaired) electrons. The van der Waals surface area contributed by atoms with Crippen molar-refractivity contribution in [3.8, 4) is 0 Å². The summed E-state index contributed by atoms with van der Waals surface area (Å²) in [5.41, 5.74) is 2.22. The molecule has 4 heteroatoms. The molecule has 2 aromatic heterocycles. The van der Waals surface area contributed by atoms with Gasteiger partial charge < -0.3 is 9.73 Å². The number of aromatic nitrogens is 2. The van der Waals surface area contributed by atoms with Gasteiger partial charge in [-0.1, -0.05) is 0 Å². The van der Waals surface area contributed by atoms with E-state index in [0.717, 1.165) is 23.7 Å². The van der Waals surface area contributed by atoms with Crippen LogP contribution in [0.1, 0.15) is 18.4 Å². The van der Waals surface area contributed by atoms with Gasteiger partial charge in [0.15, 0.2) is 0 Å². The highest BCUT2D eigenvalue weighted by atomic mass is 16.3. The van der Waals surface area contributed by atoms with Crippen molar-refractivity contribution in [3.05, 3.63) is 36.0 Å². The summed E-state index contributed by atoms with van der Waals surface area (Å²) in [5.74, 6) is 0.929. The minimum atomic E-state index is 0.698. The molecule has 0 saturated carbocycles. The van der Waals surface area contributed by atoms with Crippen molar-refractivity contribution in [2.24, 2.45) is 0 Å². The molecule has 15 heavy (non-hydrogen) atoms. The topological polar surface area (TPSA) is 43.0 Å². The van der Waals surface area contributed by atoms with Crippen LogP contribution in [0, 0.1) is 6.92 Å². The van der Waals surface area contributed by atoms with Gasteiger partial charge in [0, 0.05) is 6.54 Å². The molecule has 2 rings (SSSR count). The number of rotatable bonds is 4. The fourth-order valence-corrected chi connectivity index (χ4v) is 1.53. The van der Waals surface area contributed by atoms with Gasteiger partial charge >= 0.3 is 0 Å². The number of aryl methyl sites for hydroxylation is 1. The Morgan fingerprint density at radius 3 is 3.00 bits per heavy atom. The molecule has 1 N–H and O–H groups in total. The molecule has 0 saturated heterocycles. The number of furan rings is 1. The largest absolute Gasteiger partial charge is 0.467 e. The van der Waals surface area contributed by atoms with E-state index >= 15 is 0 Å². The second-order valence-electron chi connectivity index (χ2n) is 3.39. The lowest BCUT2D eigenvalue weighted by Gasteiger charge is -2.04. The molecular formula is C11H15N3O. The van der Waals surface area contributed by atoms with E-state index in [4.69, 9.17) is 4.42 Å². The van der Waals surface area contributed by atoms with Gasteiger partial charge in [-0.05, 0) is 26.0 Å². The molecule has 0 amide bonds. The lowest BCUT2D eigenvalue weighted by Crippen LogP contribution is -2.02. The van der Waals surface area contributed by atoms with Crippen LogP contribution >= 0.6 is 0 Å². The molecule has 0 aliphatic rings. The van der Waals surface area contributed by atoms with Gasteiger partial charge in [-0.15, -0.1) is 0 Å². The lowest BCUT2D eigenvalue weighted by atomic mass is 10.3. The zero-order valence-electron chi connectivity index (χ0n) is 9.03. The van der Waals surface area contributed by atoms with E-state index in [1.807, 2.05) is 23.0 Å². The molecule has 0 aliphatic carbocycles. The van der Waals surface area contributed by atoms with Crippen LogP contribution in [0.5, 0.6) is 0 Å². The number of hydrogen-bond acceptors (Lipinski definition) is 3. The second-order valence-corrected chi connectivity index (χ2v) is 3.39. The Bertz CT molecular complexity index is 417. The van der Waals surface area contributed by atoms with Crippen LogP contribution in [0.25, 0.3) is 0 Å². The smallest absolute Gasteiger partial charge is 0.122 e. The van der Waals surface area contributed by atoms with Crippen LogP contribution in [0.4, 0.5) is 5.69 Å². The SMILES string of the molecule is CCn1ncc(NCc2ccco2)c1C. The lowest BCUT2D eigenvalue weighted by molar-refractivity contribution is 0.518. The predicted octanol–water partition coefficient (Wildman–Crippen LogP) is 2.42. The normalized spacial score (nSPS) is 10.5. The van der Waals surface area contributed by atoms with Gasteiger partial charge in [-0.3, -0.25) is 4.68 Å². The highest BCUT2D eigenvalue weighted by Gasteiger charge is 2.04. The fraction of sp³-hybridized carbons (Fsp3) is 0.364. The van der Waals surface area contributed by atoms with E-state index < -0.39 is 0 Å². The summed E-state index contributed by atoms with van der Waals surface area (Å²) in [4.78, 5) is 0. The third-order valence-electron chi connectivity index (χ3n) is 2.44. The Hall–Kier alpha value is -1.71. The molecule has 0 bridgehead atoms. The number of nitrogens with zero attached hydrogens (tertiary/aromatic N) is 2. The predicted molar refractivity (Wildman–Crippen MR) is 58.7 cm³/mol. The van der Waals surface area contributed by atoms with Crippen LogP contribution in [0.3, 0.4) is 0 Å². The van der Waals surface area contributed by atoms with Gasteiger partial charge in [-0.25, -0.2) is 0 Å². The third kappa shape index (κ3) is 2.03. The van der Waals surface area contributed by atoms with Crippen molar-refractivity contribution in [1.29, 1.82) is 0 Å². The molecule has 0 spiro atoms. The van der Waals surface area contributed by atoms with E-state index in [1.54, 1.807) is 6.26 Å². The standard InChI is InChI=1S/C11H15N3O/c1-3-14-9(2)11(8-13-14)12-7-10-5-4-6-15-10/h4-6,8,12H,3,7H2,1-2H3. The molecule has 0 atom stereocenters. The first-order valence-corrected chi connectivity index (χ1v) is 5.10. The summed E-state index contributed by atoms with van der Waals surface area (Å²) < 4.78 is 7.20. The minimum Gasteiger partial charge on any atom is -0.467 e. The van der Waals surface area contributed by atoms with Crippen molar-refractivity contribution in [3.63, 3.8) is 0 Å². The van der Waals surface area contributed by atoms with Crippen LogP contribution in [-0.2, 0) is 13.1 Å². The average Bonchev–Trinajstić information content (AvgIpc) is 2.85. The molecule has 0 aromatic carbocycles. The van der Waals surface area contributed by atoms with E-state index in [-0.39, 0.29) is 0 Å². The Kier molecular flexibility index (Phi) is 2.76. The molecular weight excluding hydrogens is 190 g/mol. The van der Waals surface area contributed by atoms with Gasteiger partial charge in [0.25, 0.3) is 0 Å². The van der Waals surface area contributed by atoms with E-state index in [2.05, 4.69) is 24.3 Å². The Morgan fingerprint density at radius 1 is 1.53 bits per heavy atom. The maximum absolute atomic E-state index is 5.24. The molecule has 2 heterocycles. The molecule has 0 fully saturated rings. The van der Waals surface area contributed by atoms with Crippen molar-refractivity contribution < 1.29 is 4.42 Å². The summed E-state index contributed by atoms with van der Waals surface area (Å²) in [6, 6.07) is 3.84. The fourth-order valence-electron chi connectivity index (χ4n) is 1.53.